The zero-order valence-corrected chi connectivity index (χ0v) is 21.6. The molecule has 194 valence electrons. The second-order valence-corrected chi connectivity index (χ2v) is 9.23. The number of likely N-dealkylation sites (N-methyl/N-ethyl adjacent to an activating group) is 1. The van der Waals surface area contributed by atoms with Crippen molar-refractivity contribution in [2.45, 2.75) is 13.5 Å². The summed E-state index contributed by atoms with van der Waals surface area (Å²) < 4.78 is 1.42. The Morgan fingerprint density at radius 2 is 1.73 bits per heavy atom. The van der Waals surface area contributed by atoms with Crippen molar-refractivity contribution in [2.75, 3.05) is 50.5 Å². The summed E-state index contributed by atoms with van der Waals surface area (Å²) in [6, 6.07) is 12.3. The molecule has 1 aromatic heterocycles. The van der Waals surface area contributed by atoms with Gasteiger partial charge in [0.15, 0.2) is 5.82 Å². The summed E-state index contributed by atoms with van der Waals surface area (Å²) in [7, 11) is 5.31. The third kappa shape index (κ3) is 5.55. The summed E-state index contributed by atoms with van der Waals surface area (Å²) in [5.74, 6) is -0.0767. The number of nitrogens with one attached hydrogen (secondary N) is 1. The molecule has 0 aliphatic carbocycles. The first-order valence-corrected chi connectivity index (χ1v) is 12.1. The van der Waals surface area contributed by atoms with Crippen molar-refractivity contribution < 1.29 is 14.7 Å². The second-order valence-electron chi connectivity index (χ2n) is 9.23. The lowest BCUT2D eigenvalue weighted by molar-refractivity contribution is -0.116. The van der Waals surface area contributed by atoms with Gasteiger partial charge in [0.1, 0.15) is 0 Å². The maximum Gasteiger partial charge on any atom is 0.293 e. The van der Waals surface area contributed by atoms with Crippen LogP contribution in [0.3, 0.4) is 0 Å². The average molecular weight is 505 g/mol. The zero-order valence-electron chi connectivity index (χ0n) is 21.6. The fraction of sp³-hybridized carbons (Fsp3) is 0.333. The Morgan fingerprint density at radius 3 is 2.35 bits per heavy atom. The van der Waals surface area contributed by atoms with Crippen molar-refractivity contribution in [1.29, 1.82) is 0 Å². The minimum Gasteiger partial charge on any atom is -0.392 e. The quantitative estimate of drug-likeness (QED) is 0.529. The molecule has 0 saturated carbocycles. The van der Waals surface area contributed by atoms with E-state index in [4.69, 9.17) is 0 Å². The maximum atomic E-state index is 12.9. The third-order valence-corrected chi connectivity index (χ3v) is 6.68. The lowest BCUT2D eigenvalue weighted by Gasteiger charge is -2.32. The molecular weight excluding hydrogens is 472 g/mol. The first kappa shape index (κ1) is 26.1. The molecule has 0 unspecified atom stereocenters. The molecule has 2 amide bonds. The summed E-state index contributed by atoms with van der Waals surface area (Å²) in [6.45, 7) is 4.23. The summed E-state index contributed by atoms with van der Waals surface area (Å²) in [5.41, 5.74) is 3.05. The molecule has 0 bridgehead atoms. The van der Waals surface area contributed by atoms with Crippen LogP contribution in [0, 0.1) is 0 Å². The SMILES string of the molecule is CC(=O)N(C)c1cccc(-c2cn(C)c(=O)c(Nc3ccc(C(=O)N4CCN(C)CC4)cc3)n2)c1CO. The summed E-state index contributed by atoms with van der Waals surface area (Å²) in [5, 5.41) is 13.2. The van der Waals surface area contributed by atoms with Crippen molar-refractivity contribution in [3.8, 4) is 11.3 Å². The van der Waals surface area contributed by atoms with E-state index in [0.29, 0.717) is 46.8 Å². The van der Waals surface area contributed by atoms with E-state index >= 15 is 0 Å². The van der Waals surface area contributed by atoms with Crippen LogP contribution < -0.4 is 15.8 Å². The van der Waals surface area contributed by atoms with Crippen LogP contribution in [0.25, 0.3) is 11.3 Å². The van der Waals surface area contributed by atoms with Gasteiger partial charge in [0.2, 0.25) is 5.91 Å². The van der Waals surface area contributed by atoms with Crippen LogP contribution in [-0.2, 0) is 18.4 Å². The second kappa shape index (κ2) is 10.9. The Bertz CT molecular complexity index is 1360. The van der Waals surface area contributed by atoms with Crippen molar-refractivity contribution in [3.05, 3.63) is 70.1 Å². The minimum atomic E-state index is -0.330. The van der Waals surface area contributed by atoms with Crippen molar-refractivity contribution in [2.24, 2.45) is 7.05 Å². The highest BCUT2D eigenvalue weighted by atomic mass is 16.3. The Morgan fingerprint density at radius 1 is 1.05 bits per heavy atom. The highest BCUT2D eigenvalue weighted by molar-refractivity contribution is 5.95. The van der Waals surface area contributed by atoms with Gasteiger partial charge >= 0.3 is 0 Å². The number of aliphatic hydroxyl groups is 1. The summed E-state index contributed by atoms with van der Waals surface area (Å²) in [6.07, 6.45) is 1.59. The van der Waals surface area contributed by atoms with Gasteiger partial charge in [-0.3, -0.25) is 14.4 Å². The van der Waals surface area contributed by atoms with Gasteiger partial charge in [-0.25, -0.2) is 4.98 Å². The van der Waals surface area contributed by atoms with Gasteiger partial charge in [-0.2, -0.15) is 0 Å². The van der Waals surface area contributed by atoms with Crippen LogP contribution in [0.1, 0.15) is 22.8 Å². The van der Waals surface area contributed by atoms with Gasteiger partial charge in [-0.1, -0.05) is 12.1 Å². The van der Waals surface area contributed by atoms with E-state index in [1.807, 2.05) is 11.9 Å². The first-order valence-electron chi connectivity index (χ1n) is 12.1. The van der Waals surface area contributed by atoms with Crippen molar-refractivity contribution in [1.82, 2.24) is 19.4 Å². The molecule has 10 nitrogen and oxygen atoms in total. The molecule has 2 N–H and O–H groups in total. The smallest absolute Gasteiger partial charge is 0.293 e. The van der Waals surface area contributed by atoms with E-state index in [2.05, 4.69) is 15.2 Å². The number of nitrogens with zero attached hydrogens (tertiary/aromatic N) is 5. The predicted molar refractivity (Wildman–Crippen MR) is 143 cm³/mol. The number of amides is 2. The van der Waals surface area contributed by atoms with Crippen LogP contribution >= 0.6 is 0 Å². The molecule has 0 atom stereocenters. The Balaban J connectivity index is 1.61. The molecule has 0 radical (unpaired) electrons. The first-order chi connectivity index (χ1) is 17.7. The largest absolute Gasteiger partial charge is 0.392 e. The van der Waals surface area contributed by atoms with E-state index in [1.165, 1.54) is 16.4 Å². The fourth-order valence-corrected chi connectivity index (χ4v) is 4.31. The van der Waals surface area contributed by atoms with Crippen molar-refractivity contribution >= 4 is 29.0 Å². The molecule has 10 heteroatoms. The van der Waals surface area contributed by atoms with Crippen LogP contribution in [-0.4, -0.2) is 76.5 Å². The number of benzene rings is 2. The monoisotopic (exact) mass is 504 g/mol. The van der Waals surface area contributed by atoms with Gasteiger partial charge < -0.3 is 29.7 Å². The summed E-state index contributed by atoms with van der Waals surface area (Å²) >= 11 is 0. The molecule has 0 spiro atoms. The third-order valence-electron chi connectivity index (χ3n) is 6.68. The Labute approximate surface area is 215 Å². The number of hydrogen-bond donors (Lipinski definition) is 2. The molecule has 37 heavy (non-hydrogen) atoms. The van der Waals surface area contributed by atoms with E-state index in [0.717, 1.165) is 13.1 Å². The van der Waals surface area contributed by atoms with Crippen LogP contribution in [0.2, 0.25) is 0 Å². The molecule has 1 saturated heterocycles. The lowest BCUT2D eigenvalue weighted by atomic mass is 10.0. The fourth-order valence-electron chi connectivity index (χ4n) is 4.31. The Kier molecular flexibility index (Phi) is 7.70. The van der Waals surface area contributed by atoms with Crippen molar-refractivity contribution in [3.63, 3.8) is 0 Å². The van der Waals surface area contributed by atoms with Crippen LogP contribution in [0.5, 0.6) is 0 Å². The highest BCUT2D eigenvalue weighted by Gasteiger charge is 2.21. The Hall–Kier alpha value is -4.02. The average Bonchev–Trinajstić information content (AvgIpc) is 2.90. The number of rotatable bonds is 6. The van der Waals surface area contributed by atoms with Gasteiger partial charge in [-0.15, -0.1) is 0 Å². The van der Waals surface area contributed by atoms with Gasteiger partial charge in [-0.05, 0) is 37.4 Å². The van der Waals surface area contributed by atoms with Crippen LogP contribution in [0.15, 0.2) is 53.5 Å². The van der Waals surface area contributed by atoms with Gasteiger partial charge in [0, 0.05) is 81.5 Å². The predicted octanol–water partition coefficient (Wildman–Crippen LogP) is 2.05. The van der Waals surface area contributed by atoms with E-state index < -0.39 is 0 Å². The molecule has 1 fully saturated rings. The van der Waals surface area contributed by atoms with E-state index in [-0.39, 0.29) is 29.8 Å². The number of carbonyl (C=O) groups excluding carboxylic acids is 2. The van der Waals surface area contributed by atoms with Gasteiger partial charge in [0.05, 0.1) is 12.3 Å². The molecule has 1 aliphatic heterocycles. The number of hydrogen-bond acceptors (Lipinski definition) is 7. The number of aliphatic hydroxyl groups excluding tert-OH is 1. The molecular formula is C27H32N6O4. The number of aromatic nitrogens is 2. The van der Waals surface area contributed by atoms with E-state index in [9.17, 15) is 19.5 Å². The normalized spacial score (nSPS) is 13.9. The highest BCUT2D eigenvalue weighted by Crippen LogP contribution is 2.30. The lowest BCUT2D eigenvalue weighted by Crippen LogP contribution is -2.47. The standard InChI is InChI=1S/C27H32N6O4/c1-18(35)32(4)24-7-5-6-21(22(24)17-34)23-16-31(3)27(37)25(29-23)28-20-10-8-19(9-11-20)26(36)33-14-12-30(2)13-15-33/h5-11,16,34H,12-15,17H2,1-4H3,(H,28,29). The number of anilines is 3. The number of carbonyl (C=O) groups is 2. The molecule has 3 aromatic rings. The number of aryl methyl sites for hydroxylation is 1. The number of piperazine rings is 1. The topological polar surface area (TPSA) is 111 Å². The zero-order chi connectivity index (χ0) is 26.7. The maximum absolute atomic E-state index is 12.9. The van der Waals surface area contributed by atoms with Gasteiger partial charge in [0.25, 0.3) is 11.5 Å². The van der Waals surface area contributed by atoms with E-state index in [1.54, 1.807) is 62.8 Å². The molecule has 4 rings (SSSR count). The molecule has 2 aromatic carbocycles. The molecule has 1 aliphatic rings. The summed E-state index contributed by atoms with van der Waals surface area (Å²) in [4.78, 5) is 47.7. The molecule has 2 heterocycles. The minimum absolute atomic E-state index is 0.0115. The van der Waals surface area contributed by atoms with Crippen LogP contribution in [0.4, 0.5) is 17.2 Å².